The quantitative estimate of drug-likeness (QED) is 0.391. The largest absolute Gasteiger partial charge is 0.465 e. The van der Waals surface area contributed by atoms with Crippen LogP contribution in [0.1, 0.15) is 24.8 Å². The average Bonchev–Trinajstić information content (AvgIpc) is 2.72. The fourth-order valence-electron chi connectivity index (χ4n) is 3.69. The predicted octanol–water partition coefficient (Wildman–Crippen LogP) is 5.05. The van der Waals surface area contributed by atoms with Crippen molar-refractivity contribution < 1.29 is 14.8 Å². The van der Waals surface area contributed by atoms with Crippen LogP contribution in [-0.2, 0) is 5.54 Å². The molecule has 152 valence electrons. The number of anilines is 2. The molecule has 8 heteroatoms. The highest BCUT2D eigenvalue weighted by atomic mass is 16.6. The van der Waals surface area contributed by atoms with Crippen molar-refractivity contribution in [1.82, 2.24) is 10.3 Å². The number of rotatable bonds is 6. The number of amides is 1. The van der Waals surface area contributed by atoms with E-state index in [-0.39, 0.29) is 11.5 Å². The van der Waals surface area contributed by atoms with E-state index < -0.39 is 16.6 Å². The fraction of sp³-hybridized carbons (Fsp3) is 0.182. The van der Waals surface area contributed by atoms with Gasteiger partial charge >= 0.3 is 11.8 Å². The standard InChI is InChI=1S/C22H20N4O4/c27-21(28)25-22(13-4-14-22)16-7-9-17(10-8-16)23-20-19(26(29)30)12-11-18(24-20)15-5-2-1-3-6-15/h1-3,5-12,25H,4,13-14H2,(H,23,24)(H,27,28). The van der Waals surface area contributed by atoms with Gasteiger partial charge in [0.1, 0.15) is 0 Å². The van der Waals surface area contributed by atoms with Crippen molar-refractivity contribution in [2.45, 2.75) is 24.8 Å². The first-order chi connectivity index (χ1) is 14.5. The topological polar surface area (TPSA) is 117 Å². The van der Waals surface area contributed by atoms with Gasteiger partial charge in [0.25, 0.3) is 0 Å². The Bertz CT molecular complexity index is 1080. The number of aromatic nitrogens is 1. The van der Waals surface area contributed by atoms with Gasteiger partial charge in [-0.15, -0.1) is 0 Å². The Hall–Kier alpha value is -3.94. The van der Waals surface area contributed by atoms with Crippen LogP contribution in [0, 0.1) is 10.1 Å². The van der Waals surface area contributed by atoms with Crippen molar-refractivity contribution in [3.8, 4) is 11.3 Å². The molecular formula is C22H20N4O4. The maximum Gasteiger partial charge on any atom is 0.405 e. The Morgan fingerprint density at radius 2 is 1.73 bits per heavy atom. The van der Waals surface area contributed by atoms with E-state index in [0.29, 0.717) is 11.4 Å². The number of hydrogen-bond donors (Lipinski definition) is 3. The highest BCUT2D eigenvalue weighted by Gasteiger charge is 2.40. The van der Waals surface area contributed by atoms with E-state index in [1.807, 2.05) is 42.5 Å². The van der Waals surface area contributed by atoms with Gasteiger partial charge in [0, 0.05) is 17.3 Å². The molecule has 0 aliphatic heterocycles. The van der Waals surface area contributed by atoms with Gasteiger partial charge in [0.2, 0.25) is 5.82 Å². The molecule has 0 spiro atoms. The molecule has 2 aromatic carbocycles. The number of hydrogen-bond acceptors (Lipinski definition) is 5. The molecule has 1 fully saturated rings. The van der Waals surface area contributed by atoms with Gasteiger partial charge in [0.05, 0.1) is 16.2 Å². The summed E-state index contributed by atoms with van der Waals surface area (Å²) in [5, 5.41) is 26.2. The minimum absolute atomic E-state index is 0.123. The first kappa shape index (κ1) is 19.4. The molecule has 1 aliphatic rings. The zero-order valence-corrected chi connectivity index (χ0v) is 16.0. The second kappa shape index (κ2) is 7.82. The van der Waals surface area contributed by atoms with E-state index in [0.717, 1.165) is 30.4 Å². The Morgan fingerprint density at radius 1 is 1.03 bits per heavy atom. The van der Waals surface area contributed by atoms with E-state index in [4.69, 9.17) is 5.11 Å². The molecular weight excluding hydrogens is 384 g/mol. The van der Waals surface area contributed by atoms with Crippen molar-refractivity contribution in [2.24, 2.45) is 0 Å². The van der Waals surface area contributed by atoms with Crippen LogP contribution in [0.5, 0.6) is 0 Å². The van der Waals surface area contributed by atoms with Crippen molar-refractivity contribution in [2.75, 3.05) is 5.32 Å². The van der Waals surface area contributed by atoms with Gasteiger partial charge < -0.3 is 15.7 Å². The van der Waals surface area contributed by atoms with Gasteiger partial charge in [-0.1, -0.05) is 42.5 Å². The molecule has 4 rings (SSSR count). The maximum atomic E-state index is 11.5. The van der Waals surface area contributed by atoms with Gasteiger partial charge in [-0.3, -0.25) is 10.1 Å². The number of carboxylic acid groups (broad SMARTS) is 1. The summed E-state index contributed by atoms with van der Waals surface area (Å²) < 4.78 is 0. The van der Waals surface area contributed by atoms with E-state index in [9.17, 15) is 14.9 Å². The Kier molecular flexibility index (Phi) is 5.05. The lowest BCUT2D eigenvalue weighted by molar-refractivity contribution is -0.384. The van der Waals surface area contributed by atoms with Crippen LogP contribution in [0.2, 0.25) is 0 Å². The van der Waals surface area contributed by atoms with E-state index >= 15 is 0 Å². The SMILES string of the molecule is O=C(O)NC1(c2ccc(Nc3nc(-c4ccccc4)ccc3[N+](=O)[O-])cc2)CCC1. The number of nitro groups is 1. The highest BCUT2D eigenvalue weighted by molar-refractivity contribution is 5.71. The second-order valence-corrected chi connectivity index (χ2v) is 7.26. The lowest BCUT2D eigenvalue weighted by Crippen LogP contribution is -2.50. The fourth-order valence-corrected chi connectivity index (χ4v) is 3.69. The lowest BCUT2D eigenvalue weighted by Gasteiger charge is -2.42. The zero-order valence-electron chi connectivity index (χ0n) is 16.0. The molecule has 0 saturated heterocycles. The Morgan fingerprint density at radius 3 is 2.30 bits per heavy atom. The molecule has 3 N–H and O–H groups in total. The average molecular weight is 404 g/mol. The highest BCUT2D eigenvalue weighted by Crippen LogP contribution is 2.41. The first-order valence-electron chi connectivity index (χ1n) is 9.56. The number of carbonyl (C=O) groups is 1. The number of nitrogens with one attached hydrogen (secondary N) is 2. The summed E-state index contributed by atoms with van der Waals surface area (Å²) in [6.45, 7) is 0. The van der Waals surface area contributed by atoms with Crippen molar-refractivity contribution in [3.63, 3.8) is 0 Å². The Labute approximate surface area is 172 Å². The molecule has 0 bridgehead atoms. The third-order valence-electron chi connectivity index (χ3n) is 5.39. The zero-order chi connectivity index (χ0) is 21.1. The van der Waals surface area contributed by atoms with E-state index in [1.165, 1.54) is 6.07 Å². The summed E-state index contributed by atoms with van der Waals surface area (Å²) in [6.07, 6.45) is 1.41. The van der Waals surface area contributed by atoms with Gasteiger partial charge in [-0.05, 0) is 43.0 Å². The molecule has 8 nitrogen and oxygen atoms in total. The number of benzene rings is 2. The van der Waals surface area contributed by atoms with Crippen LogP contribution < -0.4 is 10.6 Å². The third kappa shape index (κ3) is 3.80. The first-order valence-corrected chi connectivity index (χ1v) is 9.56. The summed E-state index contributed by atoms with van der Waals surface area (Å²) >= 11 is 0. The van der Waals surface area contributed by atoms with Crippen LogP contribution in [-0.4, -0.2) is 21.1 Å². The Balaban J connectivity index is 1.62. The van der Waals surface area contributed by atoms with Crippen molar-refractivity contribution in [1.29, 1.82) is 0 Å². The van der Waals surface area contributed by atoms with Crippen LogP contribution in [0.4, 0.5) is 22.0 Å². The normalized spacial score (nSPS) is 14.4. The van der Waals surface area contributed by atoms with Crippen LogP contribution in [0.15, 0.2) is 66.7 Å². The summed E-state index contributed by atoms with van der Waals surface area (Å²) in [5.41, 5.74) is 2.31. The molecule has 1 aliphatic carbocycles. The smallest absolute Gasteiger partial charge is 0.405 e. The minimum Gasteiger partial charge on any atom is -0.465 e. The van der Waals surface area contributed by atoms with Gasteiger partial charge in [0.15, 0.2) is 0 Å². The van der Waals surface area contributed by atoms with Crippen molar-refractivity contribution >= 4 is 23.3 Å². The van der Waals surface area contributed by atoms with Gasteiger partial charge in [-0.2, -0.15) is 0 Å². The number of pyridine rings is 1. The summed E-state index contributed by atoms with van der Waals surface area (Å²) in [6, 6.07) is 19.7. The molecule has 1 heterocycles. The monoisotopic (exact) mass is 404 g/mol. The summed E-state index contributed by atoms with van der Waals surface area (Å²) in [4.78, 5) is 26.6. The molecule has 1 amide bonds. The molecule has 1 aromatic heterocycles. The van der Waals surface area contributed by atoms with Crippen molar-refractivity contribution in [3.05, 3.63) is 82.4 Å². The van der Waals surface area contributed by atoms with Crippen LogP contribution in [0.25, 0.3) is 11.3 Å². The molecule has 1 saturated carbocycles. The third-order valence-corrected chi connectivity index (χ3v) is 5.39. The lowest BCUT2D eigenvalue weighted by atomic mass is 9.72. The molecule has 0 atom stereocenters. The van der Waals surface area contributed by atoms with Gasteiger partial charge in [-0.25, -0.2) is 9.78 Å². The minimum atomic E-state index is -1.05. The predicted molar refractivity (Wildman–Crippen MR) is 113 cm³/mol. The van der Waals surface area contributed by atoms with Crippen LogP contribution in [0.3, 0.4) is 0 Å². The molecule has 0 radical (unpaired) electrons. The molecule has 30 heavy (non-hydrogen) atoms. The molecule has 0 unspecified atom stereocenters. The van der Waals surface area contributed by atoms with E-state index in [1.54, 1.807) is 18.2 Å². The van der Waals surface area contributed by atoms with E-state index in [2.05, 4.69) is 15.6 Å². The second-order valence-electron chi connectivity index (χ2n) is 7.26. The summed E-state index contributed by atoms with van der Waals surface area (Å²) in [7, 11) is 0. The number of nitrogens with zero attached hydrogens (tertiary/aromatic N) is 2. The molecule has 3 aromatic rings. The van der Waals surface area contributed by atoms with Crippen LogP contribution >= 0.6 is 0 Å². The summed E-state index contributed by atoms with van der Waals surface area (Å²) in [5.74, 6) is 0.149. The maximum absolute atomic E-state index is 11.5.